The van der Waals surface area contributed by atoms with E-state index in [0.29, 0.717) is 16.5 Å². The van der Waals surface area contributed by atoms with Gasteiger partial charge in [-0.3, -0.25) is 0 Å². The van der Waals surface area contributed by atoms with Crippen molar-refractivity contribution in [3.05, 3.63) is 33.8 Å². The fraction of sp³-hybridized carbons (Fsp3) is 0.455. The lowest BCUT2D eigenvalue weighted by molar-refractivity contribution is 0.134. The highest BCUT2D eigenvalue weighted by molar-refractivity contribution is 6.35. The highest BCUT2D eigenvalue weighted by Gasteiger charge is 2.18. The molecule has 0 fully saturated rings. The summed E-state index contributed by atoms with van der Waals surface area (Å²) in [5.74, 6) is 0. The van der Waals surface area contributed by atoms with E-state index in [1.54, 1.807) is 18.2 Å². The molecule has 2 atom stereocenters. The van der Waals surface area contributed by atoms with Crippen LogP contribution in [0.1, 0.15) is 31.4 Å². The molecule has 0 spiro atoms. The first-order valence-electron chi connectivity index (χ1n) is 4.94. The predicted octanol–water partition coefficient (Wildman–Crippen LogP) is 3.15. The van der Waals surface area contributed by atoms with Crippen LogP contribution >= 0.6 is 23.2 Å². The number of halogens is 2. The molecule has 0 aliphatic heterocycles. The smallest absolute Gasteiger partial charge is 0.0733 e. The summed E-state index contributed by atoms with van der Waals surface area (Å²) in [6.07, 6.45) is 0.994. The molecule has 0 radical (unpaired) electrons. The van der Waals surface area contributed by atoms with E-state index in [2.05, 4.69) is 0 Å². The largest absolute Gasteiger partial charge is 0.391 e. The Balaban J connectivity index is 2.86. The highest BCUT2D eigenvalue weighted by atomic mass is 35.5. The summed E-state index contributed by atoms with van der Waals surface area (Å²) in [4.78, 5) is 0. The number of hydrogen-bond acceptors (Lipinski definition) is 2. The molecule has 0 aliphatic rings. The van der Waals surface area contributed by atoms with Crippen molar-refractivity contribution in [1.82, 2.24) is 0 Å². The average Bonchev–Trinajstić information content (AvgIpc) is 2.17. The standard InChI is InChI=1S/C11H15Cl2NO/c1-2-3-10(15)11(14)8-5-4-7(12)6-9(8)13/h4-6,10-11,15H,2-3,14H2,1H3/t10-,11+/m1/s1. The van der Waals surface area contributed by atoms with Crippen LogP contribution in [0.25, 0.3) is 0 Å². The van der Waals surface area contributed by atoms with Crippen LogP contribution in [-0.2, 0) is 0 Å². The van der Waals surface area contributed by atoms with Gasteiger partial charge in [0.1, 0.15) is 0 Å². The third kappa shape index (κ3) is 3.35. The van der Waals surface area contributed by atoms with Crippen molar-refractivity contribution in [3.8, 4) is 0 Å². The van der Waals surface area contributed by atoms with Crippen LogP contribution in [0.15, 0.2) is 18.2 Å². The van der Waals surface area contributed by atoms with Gasteiger partial charge in [-0.05, 0) is 24.1 Å². The van der Waals surface area contributed by atoms with Gasteiger partial charge in [-0.25, -0.2) is 0 Å². The second kappa shape index (κ2) is 5.71. The molecular weight excluding hydrogens is 233 g/mol. The van der Waals surface area contributed by atoms with E-state index in [1.807, 2.05) is 6.92 Å². The SMILES string of the molecule is CCC[C@@H](O)[C@@H](N)c1ccc(Cl)cc1Cl. The molecule has 0 saturated carbocycles. The molecule has 1 rings (SSSR count). The lowest BCUT2D eigenvalue weighted by atomic mass is 9.99. The summed E-state index contributed by atoms with van der Waals surface area (Å²) in [5, 5.41) is 10.8. The maximum Gasteiger partial charge on any atom is 0.0733 e. The Kier molecular flexibility index (Phi) is 4.87. The Morgan fingerprint density at radius 2 is 2.07 bits per heavy atom. The molecule has 1 aromatic carbocycles. The minimum atomic E-state index is -0.561. The van der Waals surface area contributed by atoms with Gasteiger partial charge in [0.15, 0.2) is 0 Å². The number of rotatable bonds is 4. The summed E-state index contributed by atoms with van der Waals surface area (Å²) in [6, 6.07) is 4.67. The summed E-state index contributed by atoms with van der Waals surface area (Å²) in [7, 11) is 0. The van der Waals surface area contributed by atoms with Gasteiger partial charge in [0.2, 0.25) is 0 Å². The van der Waals surface area contributed by atoms with Crippen LogP contribution in [-0.4, -0.2) is 11.2 Å². The number of benzene rings is 1. The Morgan fingerprint density at radius 3 is 2.60 bits per heavy atom. The molecule has 0 aromatic heterocycles. The molecule has 2 nitrogen and oxygen atoms in total. The molecule has 3 N–H and O–H groups in total. The van der Waals surface area contributed by atoms with Crippen LogP contribution in [0.3, 0.4) is 0 Å². The van der Waals surface area contributed by atoms with Crippen LogP contribution < -0.4 is 5.73 Å². The first-order valence-corrected chi connectivity index (χ1v) is 5.70. The van der Waals surface area contributed by atoms with Crippen LogP contribution in [0, 0.1) is 0 Å². The maximum atomic E-state index is 9.75. The third-order valence-corrected chi connectivity index (χ3v) is 2.88. The average molecular weight is 248 g/mol. The molecule has 84 valence electrons. The predicted molar refractivity (Wildman–Crippen MR) is 64.3 cm³/mol. The second-order valence-electron chi connectivity index (χ2n) is 3.55. The van der Waals surface area contributed by atoms with Gasteiger partial charge in [-0.15, -0.1) is 0 Å². The summed E-state index contributed by atoms with van der Waals surface area (Å²) in [6.45, 7) is 2.00. The van der Waals surface area contributed by atoms with E-state index in [1.165, 1.54) is 0 Å². The summed E-state index contributed by atoms with van der Waals surface area (Å²) < 4.78 is 0. The van der Waals surface area contributed by atoms with Crippen molar-refractivity contribution in [2.75, 3.05) is 0 Å². The Morgan fingerprint density at radius 1 is 1.40 bits per heavy atom. The number of aliphatic hydroxyl groups is 1. The van der Waals surface area contributed by atoms with E-state index in [4.69, 9.17) is 28.9 Å². The molecule has 0 bridgehead atoms. The zero-order chi connectivity index (χ0) is 11.4. The number of nitrogens with two attached hydrogens (primary N) is 1. The quantitative estimate of drug-likeness (QED) is 0.859. The summed E-state index contributed by atoms with van der Waals surface area (Å²) >= 11 is 11.8. The minimum absolute atomic E-state index is 0.449. The molecule has 15 heavy (non-hydrogen) atoms. The Bertz CT molecular complexity index is 330. The van der Waals surface area contributed by atoms with Crippen molar-refractivity contribution in [3.63, 3.8) is 0 Å². The second-order valence-corrected chi connectivity index (χ2v) is 4.39. The highest BCUT2D eigenvalue weighted by Crippen LogP contribution is 2.27. The van der Waals surface area contributed by atoms with Gasteiger partial charge < -0.3 is 10.8 Å². The molecule has 1 aromatic rings. The van der Waals surface area contributed by atoms with Gasteiger partial charge in [0.05, 0.1) is 12.1 Å². The van der Waals surface area contributed by atoms with Crippen LogP contribution in [0.4, 0.5) is 0 Å². The monoisotopic (exact) mass is 247 g/mol. The first-order chi connectivity index (χ1) is 7.06. The maximum absolute atomic E-state index is 9.75. The van der Waals surface area contributed by atoms with Crippen molar-refractivity contribution < 1.29 is 5.11 Å². The first kappa shape index (κ1) is 12.8. The van der Waals surface area contributed by atoms with E-state index < -0.39 is 12.1 Å². The number of hydrogen-bond donors (Lipinski definition) is 2. The minimum Gasteiger partial charge on any atom is -0.391 e. The molecule has 0 aliphatic carbocycles. The van der Waals surface area contributed by atoms with E-state index in [-0.39, 0.29) is 0 Å². The molecule has 0 amide bonds. The molecule has 0 unspecified atom stereocenters. The van der Waals surface area contributed by atoms with Gasteiger partial charge >= 0.3 is 0 Å². The van der Waals surface area contributed by atoms with Gasteiger partial charge in [-0.1, -0.05) is 42.6 Å². The normalized spacial score (nSPS) is 15.0. The molecule has 0 saturated heterocycles. The van der Waals surface area contributed by atoms with Crippen LogP contribution in [0.5, 0.6) is 0 Å². The van der Waals surface area contributed by atoms with Crippen LogP contribution in [0.2, 0.25) is 10.0 Å². The fourth-order valence-corrected chi connectivity index (χ4v) is 1.99. The van der Waals surface area contributed by atoms with E-state index in [9.17, 15) is 5.11 Å². The lowest BCUT2D eigenvalue weighted by Gasteiger charge is -2.19. The Labute approximate surface area is 100.0 Å². The molecule has 4 heteroatoms. The van der Waals surface area contributed by atoms with Gasteiger partial charge in [0.25, 0.3) is 0 Å². The van der Waals surface area contributed by atoms with E-state index in [0.717, 1.165) is 12.0 Å². The molecular formula is C11H15Cl2NO. The van der Waals surface area contributed by atoms with Crippen molar-refractivity contribution in [1.29, 1.82) is 0 Å². The fourth-order valence-electron chi connectivity index (χ4n) is 1.45. The third-order valence-electron chi connectivity index (χ3n) is 2.32. The van der Waals surface area contributed by atoms with Gasteiger partial charge in [-0.2, -0.15) is 0 Å². The Hall–Kier alpha value is -0.280. The van der Waals surface area contributed by atoms with Crippen molar-refractivity contribution in [2.45, 2.75) is 31.9 Å². The zero-order valence-corrected chi connectivity index (χ0v) is 10.1. The lowest BCUT2D eigenvalue weighted by Crippen LogP contribution is -2.26. The van der Waals surface area contributed by atoms with Crippen molar-refractivity contribution in [2.24, 2.45) is 5.73 Å². The van der Waals surface area contributed by atoms with Gasteiger partial charge in [0, 0.05) is 10.0 Å². The molecule has 0 heterocycles. The van der Waals surface area contributed by atoms with Crippen molar-refractivity contribution >= 4 is 23.2 Å². The number of aliphatic hydroxyl groups excluding tert-OH is 1. The van der Waals surface area contributed by atoms with E-state index >= 15 is 0 Å². The topological polar surface area (TPSA) is 46.2 Å². The zero-order valence-electron chi connectivity index (χ0n) is 8.58. The summed E-state index contributed by atoms with van der Waals surface area (Å²) in [5.41, 5.74) is 6.64.